The van der Waals surface area contributed by atoms with Crippen LogP contribution in [-0.2, 0) is 11.2 Å². The molecule has 0 aromatic heterocycles. The molecule has 0 heterocycles. The van der Waals surface area contributed by atoms with Crippen LogP contribution in [0.4, 0.5) is 5.69 Å². The molecule has 0 bridgehead atoms. The number of nitrogens with one attached hydrogen (secondary N) is 1. The number of thioether (sulfide) groups is 1. The van der Waals surface area contributed by atoms with Gasteiger partial charge in [-0.1, -0.05) is 31.2 Å². The summed E-state index contributed by atoms with van der Waals surface area (Å²) in [6, 6.07) is 7.90. The Bertz CT molecular complexity index is 363. The van der Waals surface area contributed by atoms with Gasteiger partial charge in [-0.25, -0.2) is 0 Å². The van der Waals surface area contributed by atoms with Crippen molar-refractivity contribution in [1.29, 1.82) is 0 Å². The van der Waals surface area contributed by atoms with Crippen LogP contribution in [0.3, 0.4) is 0 Å². The van der Waals surface area contributed by atoms with Gasteiger partial charge >= 0.3 is 0 Å². The number of para-hydroxylation sites is 1. The Morgan fingerprint density at radius 1 is 1.50 bits per heavy atom. The molecule has 1 amide bonds. The van der Waals surface area contributed by atoms with Gasteiger partial charge in [-0.15, -0.1) is 18.3 Å². The summed E-state index contributed by atoms with van der Waals surface area (Å²) in [5.74, 6) is 1.33. The van der Waals surface area contributed by atoms with Crippen LogP contribution in [0.2, 0.25) is 0 Å². The van der Waals surface area contributed by atoms with Gasteiger partial charge in [0.05, 0.1) is 5.75 Å². The molecular weight excluding hydrogens is 218 g/mol. The average molecular weight is 235 g/mol. The SMILES string of the molecule is C=CCSCC(=O)Nc1ccccc1CC. The Morgan fingerprint density at radius 2 is 2.25 bits per heavy atom. The third kappa shape index (κ3) is 4.11. The minimum absolute atomic E-state index is 0.0488. The lowest BCUT2D eigenvalue weighted by atomic mass is 10.1. The monoisotopic (exact) mass is 235 g/mol. The predicted octanol–water partition coefficient (Wildman–Crippen LogP) is 3.11. The number of rotatable bonds is 6. The Morgan fingerprint density at radius 3 is 2.94 bits per heavy atom. The topological polar surface area (TPSA) is 29.1 Å². The van der Waals surface area contributed by atoms with E-state index in [2.05, 4.69) is 18.8 Å². The minimum atomic E-state index is 0.0488. The van der Waals surface area contributed by atoms with Gasteiger partial charge in [0.1, 0.15) is 0 Å². The lowest BCUT2D eigenvalue weighted by Gasteiger charge is -2.08. The summed E-state index contributed by atoms with van der Waals surface area (Å²) in [5, 5.41) is 2.93. The molecule has 86 valence electrons. The lowest BCUT2D eigenvalue weighted by molar-refractivity contribution is -0.113. The van der Waals surface area contributed by atoms with E-state index in [1.54, 1.807) is 17.8 Å². The first kappa shape index (κ1) is 12.8. The zero-order chi connectivity index (χ0) is 11.8. The summed E-state index contributed by atoms with van der Waals surface area (Å²) >= 11 is 1.56. The van der Waals surface area contributed by atoms with Crippen molar-refractivity contribution in [2.24, 2.45) is 0 Å². The van der Waals surface area contributed by atoms with E-state index in [0.29, 0.717) is 5.75 Å². The lowest BCUT2D eigenvalue weighted by Crippen LogP contribution is -2.15. The number of carbonyl (C=O) groups excluding carboxylic acids is 1. The molecule has 0 aliphatic carbocycles. The van der Waals surface area contributed by atoms with Gasteiger partial charge in [-0.2, -0.15) is 0 Å². The molecule has 0 fully saturated rings. The minimum Gasteiger partial charge on any atom is -0.325 e. The van der Waals surface area contributed by atoms with E-state index >= 15 is 0 Å². The second kappa shape index (κ2) is 7.12. The van der Waals surface area contributed by atoms with E-state index in [0.717, 1.165) is 17.9 Å². The standard InChI is InChI=1S/C13H17NOS/c1-3-9-16-10-13(15)14-12-8-6-5-7-11(12)4-2/h3,5-8H,1,4,9-10H2,2H3,(H,14,15). The van der Waals surface area contributed by atoms with Crippen LogP contribution in [-0.4, -0.2) is 17.4 Å². The van der Waals surface area contributed by atoms with Crippen LogP contribution >= 0.6 is 11.8 Å². The maximum atomic E-state index is 11.6. The number of benzene rings is 1. The van der Waals surface area contributed by atoms with E-state index in [9.17, 15) is 4.79 Å². The zero-order valence-electron chi connectivity index (χ0n) is 9.53. The number of hydrogen-bond acceptors (Lipinski definition) is 2. The molecule has 0 atom stereocenters. The van der Waals surface area contributed by atoms with Gasteiger partial charge in [0, 0.05) is 11.4 Å². The van der Waals surface area contributed by atoms with Gasteiger partial charge in [0.15, 0.2) is 0 Å². The molecule has 0 saturated carbocycles. The molecule has 1 aromatic carbocycles. The van der Waals surface area contributed by atoms with Crippen LogP contribution in [0, 0.1) is 0 Å². The van der Waals surface area contributed by atoms with Crippen LogP contribution in [0.1, 0.15) is 12.5 Å². The summed E-state index contributed by atoms with van der Waals surface area (Å²) in [7, 11) is 0. The zero-order valence-corrected chi connectivity index (χ0v) is 10.3. The molecule has 0 unspecified atom stereocenters. The number of hydrogen-bond donors (Lipinski definition) is 1. The first-order valence-corrected chi connectivity index (χ1v) is 6.49. The van der Waals surface area contributed by atoms with Crippen LogP contribution in [0.15, 0.2) is 36.9 Å². The second-order valence-corrected chi connectivity index (χ2v) is 4.39. The molecule has 1 aromatic rings. The molecular formula is C13H17NOS. The van der Waals surface area contributed by atoms with Crippen LogP contribution in [0.25, 0.3) is 0 Å². The predicted molar refractivity (Wildman–Crippen MR) is 72.0 cm³/mol. The van der Waals surface area contributed by atoms with Crippen molar-refractivity contribution in [3.8, 4) is 0 Å². The fourth-order valence-electron chi connectivity index (χ4n) is 1.37. The van der Waals surface area contributed by atoms with Crippen molar-refractivity contribution in [3.63, 3.8) is 0 Å². The highest BCUT2D eigenvalue weighted by atomic mass is 32.2. The van der Waals surface area contributed by atoms with Gasteiger partial charge in [-0.3, -0.25) is 4.79 Å². The number of carbonyl (C=O) groups is 1. The third-order valence-corrected chi connectivity index (χ3v) is 3.08. The fraction of sp³-hybridized carbons (Fsp3) is 0.308. The quantitative estimate of drug-likeness (QED) is 0.606. The largest absolute Gasteiger partial charge is 0.325 e. The molecule has 0 aliphatic rings. The Hall–Kier alpha value is -1.22. The maximum Gasteiger partial charge on any atom is 0.234 e. The van der Waals surface area contributed by atoms with Gasteiger partial charge in [0.2, 0.25) is 5.91 Å². The van der Waals surface area contributed by atoms with E-state index < -0.39 is 0 Å². The molecule has 0 aliphatic heterocycles. The van der Waals surface area contributed by atoms with Gasteiger partial charge in [-0.05, 0) is 18.1 Å². The van der Waals surface area contributed by atoms with Gasteiger partial charge < -0.3 is 5.32 Å². The highest BCUT2D eigenvalue weighted by molar-refractivity contribution is 8.00. The Labute approximate surface area is 101 Å². The number of amides is 1. The van der Waals surface area contributed by atoms with Crippen molar-refractivity contribution < 1.29 is 4.79 Å². The average Bonchev–Trinajstić information content (AvgIpc) is 2.30. The van der Waals surface area contributed by atoms with E-state index in [1.807, 2.05) is 24.3 Å². The molecule has 2 nitrogen and oxygen atoms in total. The van der Waals surface area contributed by atoms with Crippen molar-refractivity contribution in [2.45, 2.75) is 13.3 Å². The molecule has 0 radical (unpaired) electrons. The highest BCUT2D eigenvalue weighted by Crippen LogP contribution is 2.15. The van der Waals surface area contributed by atoms with E-state index in [1.165, 1.54) is 5.56 Å². The summed E-state index contributed by atoms with van der Waals surface area (Å²) in [6.07, 6.45) is 2.73. The molecule has 0 spiro atoms. The molecule has 1 rings (SSSR count). The summed E-state index contributed by atoms with van der Waals surface area (Å²) < 4.78 is 0. The van der Waals surface area contributed by atoms with E-state index in [4.69, 9.17) is 0 Å². The van der Waals surface area contributed by atoms with Crippen LogP contribution < -0.4 is 5.32 Å². The Kier molecular flexibility index (Phi) is 5.72. The number of aryl methyl sites for hydroxylation is 1. The smallest absolute Gasteiger partial charge is 0.234 e. The van der Waals surface area contributed by atoms with Crippen LogP contribution in [0.5, 0.6) is 0 Å². The summed E-state index contributed by atoms with van der Waals surface area (Å²) in [6.45, 7) is 5.70. The molecule has 1 N–H and O–H groups in total. The van der Waals surface area contributed by atoms with Crippen molar-refractivity contribution >= 4 is 23.4 Å². The fourth-order valence-corrected chi connectivity index (χ4v) is 1.91. The van der Waals surface area contributed by atoms with E-state index in [-0.39, 0.29) is 5.91 Å². The van der Waals surface area contributed by atoms with Crippen molar-refractivity contribution in [2.75, 3.05) is 16.8 Å². The molecule has 16 heavy (non-hydrogen) atoms. The van der Waals surface area contributed by atoms with Crippen molar-refractivity contribution in [3.05, 3.63) is 42.5 Å². The molecule has 3 heteroatoms. The third-order valence-electron chi connectivity index (χ3n) is 2.14. The molecule has 0 saturated heterocycles. The maximum absolute atomic E-state index is 11.6. The Balaban J connectivity index is 2.52. The normalized spacial score (nSPS) is 9.81. The highest BCUT2D eigenvalue weighted by Gasteiger charge is 2.04. The number of anilines is 1. The first-order chi connectivity index (χ1) is 7.77. The van der Waals surface area contributed by atoms with Gasteiger partial charge in [0.25, 0.3) is 0 Å². The summed E-state index contributed by atoms with van der Waals surface area (Å²) in [5.41, 5.74) is 2.10. The second-order valence-electron chi connectivity index (χ2n) is 3.36. The van der Waals surface area contributed by atoms with Crippen molar-refractivity contribution in [1.82, 2.24) is 0 Å². The first-order valence-electron chi connectivity index (χ1n) is 5.34. The summed E-state index contributed by atoms with van der Waals surface area (Å²) in [4.78, 5) is 11.6.